The summed E-state index contributed by atoms with van der Waals surface area (Å²) in [5, 5.41) is 8.89. The van der Waals surface area contributed by atoms with Crippen LogP contribution in [0.5, 0.6) is 5.75 Å². The zero-order chi connectivity index (χ0) is 13.4. The van der Waals surface area contributed by atoms with Crippen molar-refractivity contribution in [3.05, 3.63) is 29.8 Å². The van der Waals surface area contributed by atoms with Crippen LogP contribution in [-0.4, -0.2) is 6.61 Å². The Kier molecular flexibility index (Phi) is 6.01. The fraction of sp³-hybridized carbons (Fsp3) is 0.533. The van der Waals surface area contributed by atoms with Crippen molar-refractivity contribution in [2.75, 3.05) is 6.61 Å². The molecule has 0 amide bonds. The summed E-state index contributed by atoms with van der Waals surface area (Å²) in [6.07, 6.45) is 2.90. The minimum atomic E-state index is -0.220. The van der Waals surface area contributed by atoms with Crippen molar-refractivity contribution < 1.29 is 4.74 Å². The molecule has 0 unspecified atom stereocenters. The molecule has 0 saturated carbocycles. The van der Waals surface area contributed by atoms with E-state index in [1.54, 1.807) is 0 Å². The predicted octanol–water partition coefficient (Wildman–Crippen LogP) is 4.52. The van der Waals surface area contributed by atoms with Crippen molar-refractivity contribution in [1.82, 2.24) is 0 Å². The number of alkyl halides is 1. The van der Waals surface area contributed by atoms with Crippen LogP contribution in [0.1, 0.15) is 38.7 Å². The number of nitrogens with zero attached hydrogens (tertiary/aromatic N) is 1. The molecular weight excluding hydrogens is 246 g/mol. The molecule has 0 fully saturated rings. The molecule has 0 aromatic heterocycles. The highest BCUT2D eigenvalue weighted by Gasteiger charge is 2.15. The number of halogens is 1. The van der Waals surface area contributed by atoms with E-state index >= 15 is 0 Å². The van der Waals surface area contributed by atoms with E-state index < -0.39 is 0 Å². The number of ether oxygens (including phenoxy) is 1. The van der Waals surface area contributed by atoms with Crippen LogP contribution in [0.15, 0.2) is 24.3 Å². The normalized spacial score (nSPS) is 11.0. The zero-order valence-electron chi connectivity index (χ0n) is 11.1. The van der Waals surface area contributed by atoms with E-state index in [9.17, 15) is 0 Å². The van der Waals surface area contributed by atoms with Gasteiger partial charge >= 0.3 is 0 Å². The van der Waals surface area contributed by atoms with Crippen molar-refractivity contribution in [2.24, 2.45) is 5.41 Å². The zero-order valence-corrected chi connectivity index (χ0v) is 11.8. The summed E-state index contributed by atoms with van der Waals surface area (Å²) in [6.45, 7) is 4.64. The van der Waals surface area contributed by atoms with Crippen molar-refractivity contribution in [1.29, 1.82) is 5.26 Å². The Morgan fingerprint density at radius 2 is 1.89 bits per heavy atom. The van der Waals surface area contributed by atoms with Crippen LogP contribution in [0.25, 0.3) is 0 Å². The van der Waals surface area contributed by atoms with Crippen LogP contribution >= 0.6 is 11.6 Å². The second-order valence-corrected chi connectivity index (χ2v) is 5.35. The summed E-state index contributed by atoms with van der Waals surface area (Å²) in [5.41, 5.74) is 0.877. The van der Waals surface area contributed by atoms with Crippen molar-refractivity contribution in [3.8, 4) is 11.8 Å². The van der Waals surface area contributed by atoms with Crippen LogP contribution in [0.4, 0.5) is 0 Å². The second kappa shape index (κ2) is 7.28. The summed E-state index contributed by atoms with van der Waals surface area (Å²) in [5.74, 6) is 1.41. The fourth-order valence-corrected chi connectivity index (χ4v) is 1.77. The minimum absolute atomic E-state index is 0.220. The second-order valence-electron chi connectivity index (χ2n) is 5.08. The Morgan fingerprint density at radius 3 is 2.44 bits per heavy atom. The van der Waals surface area contributed by atoms with Gasteiger partial charge in [0.25, 0.3) is 0 Å². The molecule has 1 rings (SSSR count). The molecule has 1 aromatic rings. The molecule has 2 nitrogen and oxygen atoms in total. The van der Waals surface area contributed by atoms with Crippen molar-refractivity contribution in [3.63, 3.8) is 0 Å². The van der Waals surface area contributed by atoms with Crippen LogP contribution in [-0.2, 0) is 5.88 Å². The first-order chi connectivity index (χ1) is 8.57. The highest BCUT2D eigenvalue weighted by molar-refractivity contribution is 6.17. The Balaban J connectivity index is 2.20. The van der Waals surface area contributed by atoms with Gasteiger partial charge in [-0.1, -0.05) is 12.1 Å². The number of rotatable bonds is 7. The SMILES string of the molecule is CC(C)(C#N)CCCCOc1ccc(CCl)cc1. The Morgan fingerprint density at radius 1 is 1.22 bits per heavy atom. The molecule has 0 bridgehead atoms. The van der Waals surface area contributed by atoms with Crippen LogP contribution in [0.2, 0.25) is 0 Å². The number of benzene rings is 1. The molecule has 0 heterocycles. The van der Waals surface area contributed by atoms with E-state index in [1.807, 2.05) is 38.1 Å². The van der Waals surface area contributed by atoms with Gasteiger partial charge in [-0.3, -0.25) is 0 Å². The average molecular weight is 266 g/mol. The average Bonchev–Trinajstić information content (AvgIpc) is 2.39. The molecule has 0 aliphatic heterocycles. The van der Waals surface area contributed by atoms with Gasteiger partial charge in [0.2, 0.25) is 0 Å². The summed E-state index contributed by atoms with van der Waals surface area (Å²) < 4.78 is 5.63. The Labute approximate surface area is 115 Å². The molecule has 0 atom stereocenters. The van der Waals surface area contributed by atoms with E-state index in [2.05, 4.69) is 6.07 Å². The molecule has 0 aliphatic carbocycles. The van der Waals surface area contributed by atoms with Crippen LogP contribution in [0.3, 0.4) is 0 Å². The van der Waals surface area contributed by atoms with Gasteiger partial charge in [0.05, 0.1) is 18.1 Å². The van der Waals surface area contributed by atoms with Crippen molar-refractivity contribution >= 4 is 11.6 Å². The summed E-state index contributed by atoms with van der Waals surface area (Å²) in [4.78, 5) is 0. The molecule has 0 N–H and O–H groups in total. The molecular formula is C15H20ClNO. The third kappa shape index (κ3) is 5.42. The van der Waals surface area contributed by atoms with E-state index in [1.165, 1.54) is 0 Å². The lowest BCUT2D eigenvalue weighted by molar-refractivity contribution is 0.295. The first-order valence-corrected chi connectivity index (χ1v) is 6.80. The summed E-state index contributed by atoms with van der Waals surface area (Å²) in [6, 6.07) is 10.1. The Bertz CT molecular complexity index is 392. The lowest BCUT2D eigenvalue weighted by Crippen LogP contribution is -2.08. The Hall–Kier alpha value is -1.20. The highest BCUT2D eigenvalue weighted by Crippen LogP contribution is 2.21. The first kappa shape index (κ1) is 14.9. The predicted molar refractivity (Wildman–Crippen MR) is 74.7 cm³/mol. The molecule has 0 radical (unpaired) electrons. The van der Waals surface area contributed by atoms with Gasteiger partial charge in [0.15, 0.2) is 0 Å². The van der Waals surface area contributed by atoms with E-state index in [4.69, 9.17) is 21.6 Å². The van der Waals surface area contributed by atoms with Gasteiger partial charge in [0.1, 0.15) is 5.75 Å². The summed E-state index contributed by atoms with van der Waals surface area (Å²) >= 11 is 5.71. The first-order valence-electron chi connectivity index (χ1n) is 6.26. The topological polar surface area (TPSA) is 33.0 Å². The van der Waals surface area contributed by atoms with Crippen LogP contribution in [0, 0.1) is 16.7 Å². The van der Waals surface area contributed by atoms with Gasteiger partial charge < -0.3 is 4.74 Å². The molecule has 3 heteroatoms. The number of hydrogen-bond donors (Lipinski definition) is 0. The largest absolute Gasteiger partial charge is 0.494 e. The maximum atomic E-state index is 8.89. The quantitative estimate of drug-likeness (QED) is 0.536. The van der Waals surface area contributed by atoms with Crippen molar-refractivity contribution in [2.45, 2.75) is 39.0 Å². The maximum Gasteiger partial charge on any atom is 0.119 e. The monoisotopic (exact) mass is 265 g/mol. The number of nitriles is 1. The smallest absolute Gasteiger partial charge is 0.119 e. The van der Waals surface area contributed by atoms with Crippen LogP contribution < -0.4 is 4.74 Å². The molecule has 18 heavy (non-hydrogen) atoms. The fourth-order valence-electron chi connectivity index (χ4n) is 1.59. The lowest BCUT2D eigenvalue weighted by Gasteiger charge is -2.14. The number of hydrogen-bond acceptors (Lipinski definition) is 2. The highest BCUT2D eigenvalue weighted by atomic mass is 35.5. The third-order valence-electron chi connectivity index (χ3n) is 2.85. The van der Waals surface area contributed by atoms with Gasteiger partial charge in [-0.05, 0) is 50.8 Å². The molecule has 98 valence electrons. The summed E-state index contributed by atoms with van der Waals surface area (Å²) in [7, 11) is 0. The van der Waals surface area contributed by atoms with Gasteiger partial charge in [-0.25, -0.2) is 0 Å². The van der Waals surface area contributed by atoms with E-state index in [-0.39, 0.29) is 5.41 Å². The molecule has 0 spiro atoms. The minimum Gasteiger partial charge on any atom is -0.494 e. The molecule has 0 aliphatic rings. The van der Waals surface area contributed by atoms with Gasteiger partial charge in [-0.15, -0.1) is 11.6 Å². The van der Waals surface area contributed by atoms with E-state index in [0.717, 1.165) is 30.6 Å². The third-order valence-corrected chi connectivity index (χ3v) is 3.15. The standard InChI is InChI=1S/C15H20ClNO/c1-15(2,12-17)9-3-4-10-18-14-7-5-13(11-16)6-8-14/h5-8H,3-4,9-11H2,1-2H3. The van der Waals surface area contributed by atoms with Gasteiger partial charge in [-0.2, -0.15) is 5.26 Å². The van der Waals surface area contributed by atoms with E-state index in [0.29, 0.717) is 12.5 Å². The maximum absolute atomic E-state index is 8.89. The lowest BCUT2D eigenvalue weighted by atomic mass is 9.89. The van der Waals surface area contributed by atoms with Gasteiger partial charge in [0, 0.05) is 5.88 Å². The molecule has 1 aromatic carbocycles. The molecule has 0 saturated heterocycles. The number of unbranched alkanes of at least 4 members (excludes halogenated alkanes) is 1.